The van der Waals surface area contributed by atoms with Gasteiger partial charge < -0.3 is 25.4 Å². The predicted molar refractivity (Wildman–Crippen MR) is 110 cm³/mol. The number of hydrogen-bond acceptors (Lipinski definition) is 8. The normalized spacial score (nSPS) is 26.9. The minimum Gasteiger partial charge on any atom is -0.478 e. The Morgan fingerprint density at radius 2 is 2.30 bits per heavy atom. The molecular formula is C22H28N4O4. The molecular weight excluding hydrogens is 384 g/mol. The molecule has 1 aliphatic heterocycles. The summed E-state index contributed by atoms with van der Waals surface area (Å²) < 4.78 is 11.7. The number of hydrogen-bond donors (Lipinski definition) is 3. The first-order valence-electron chi connectivity index (χ1n) is 10.6. The lowest BCUT2D eigenvalue weighted by Crippen LogP contribution is -2.58. The molecule has 4 rings (SSSR count). The van der Waals surface area contributed by atoms with Crippen molar-refractivity contribution < 1.29 is 19.7 Å². The van der Waals surface area contributed by atoms with Crippen LogP contribution in [-0.4, -0.2) is 57.7 Å². The zero-order valence-corrected chi connectivity index (χ0v) is 17.0. The Morgan fingerprint density at radius 3 is 3.10 bits per heavy atom. The molecule has 2 aromatic rings. The summed E-state index contributed by atoms with van der Waals surface area (Å²) in [6.45, 7) is 0.833. The number of ether oxygens (including phenoxy) is 2. The summed E-state index contributed by atoms with van der Waals surface area (Å²) in [5.74, 6) is 0.760. The molecule has 2 aromatic heterocycles. The average molecular weight is 412 g/mol. The first-order chi connectivity index (χ1) is 14.6. The molecule has 0 amide bonds. The van der Waals surface area contributed by atoms with E-state index in [-0.39, 0.29) is 19.1 Å². The van der Waals surface area contributed by atoms with E-state index in [2.05, 4.69) is 16.0 Å². The number of aliphatic hydroxyl groups excluding tert-OH is 2. The van der Waals surface area contributed by atoms with Crippen LogP contribution in [0, 0.1) is 17.2 Å². The standard InChI is InChI=1S/C22H28N4O4/c23-11-15-12-25-18-4-5-20(29-8-2-7-27)26-21(18)16(15)9-19(28)22-6-1-3-14(10-22)17(24)13-30-22/h4-5,12,14,17,19,27-28H,1-3,6-10,13,24H2. The van der Waals surface area contributed by atoms with Gasteiger partial charge in [0.15, 0.2) is 0 Å². The number of aliphatic hydroxyl groups is 2. The molecule has 0 radical (unpaired) electrons. The van der Waals surface area contributed by atoms with Gasteiger partial charge in [-0.1, -0.05) is 6.42 Å². The minimum atomic E-state index is -0.772. The average Bonchev–Trinajstić information content (AvgIpc) is 2.77. The highest BCUT2D eigenvalue weighted by Crippen LogP contribution is 2.43. The second kappa shape index (κ2) is 8.82. The highest BCUT2D eigenvalue weighted by molar-refractivity contribution is 5.80. The molecule has 0 aromatic carbocycles. The fourth-order valence-electron chi connectivity index (χ4n) is 4.71. The van der Waals surface area contributed by atoms with Crippen LogP contribution in [0.4, 0.5) is 0 Å². The van der Waals surface area contributed by atoms with E-state index in [1.165, 1.54) is 6.20 Å². The number of nitriles is 1. The second-order valence-corrected chi connectivity index (χ2v) is 8.32. The van der Waals surface area contributed by atoms with Gasteiger partial charge in [-0.2, -0.15) is 5.26 Å². The molecule has 1 saturated carbocycles. The van der Waals surface area contributed by atoms with Crippen molar-refractivity contribution in [2.75, 3.05) is 19.8 Å². The van der Waals surface area contributed by atoms with Crippen LogP contribution in [0.3, 0.4) is 0 Å². The number of aromatic nitrogens is 2. The highest BCUT2D eigenvalue weighted by atomic mass is 16.5. The van der Waals surface area contributed by atoms with Crippen molar-refractivity contribution in [2.45, 2.75) is 56.3 Å². The summed E-state index contributed by atoms with van der Waals surface area (Å²) in [6.07, 6.45) is 5.06. The molecule has 4 N–H and O–H groups in total. The van der Waals surface area contributed by atoms with Gasteiger partial charge in [0.25, 0.3) is 0 Å². The van der Waals surface area contributed by atoms with E-state index in [1.54, 1.807) is 12.1 Å². The SMILES string of the molecule is N#Cc1cnc2ccc(OCCCO)nc2c1CC(O)C12CCCC(C1)C(N)CO2. The van der Waals surface area contributed by atoms with E-state index in [1.807, 2.05) is 0 Å². The molecule has 30 heavy (non-hydrogen) atoms. The molecule has 8 heteroatoms. The second-order valence-electron chi connectivity index (χ2n) is 8.32. The smallest absolute Gasteiger partial charge is 0.213 e. The number of nitrogens with zero attached hydrogens (tertiary/aromatic N) is 3. The Labute approximate surface area is 175 Å². The van der Waals surface area contributed by atoms with E-state index < -0.39 is 11.7 Å². The lowest BCUT2D eigenvalue weighted by atomic mass is 9.69. The van der Waals surface area contributed by atoms with Crippen LogP contribution in [0.1, 0.15) is 43.2 Å². The van der Waals surface area contributed by atoms with Crippen LogP contribution in [0.25, 0.3) is 11.0 Å². The maximum atomic E-state index is 11.3. The molecule has 2 bridgehead atoms. The van der Waals surface area contributed by atoms with Gasteiger partial charge >= 0.3 is 0 Å². The molecule has 8 nitrogen and oxygen atoms in total. The monoisotopic (exact) mass is 412 g/mol. The molecule has 160 valence electrons. The van der Waals surface area contributed by atoms with Crippen molar-refractivity contribution in [1.82, 2.24) is 9.97 Å². The summed E-state index contributed by atoms with van der Waals surface area (Å²) in [6, 6.07) is 5.70. The number of pyridine rings is 2. The van der Waals surface area contributed by atoms with Gasteiger partial charge in [0.05, 0.1) is 41.5 Å². The van der Waals surface area contributed by atoms with Crippen molar-refractivity contribution >= 4 is 11.0 Å². The summed E-state index contributed by atoms with van der Waals surface area (Å²) in [5.41, 5.74) is 7.78. The summed E-state index contributed by atoms with van der Waals surface area (Å²) in [5, 5.41) is 29.8. The molecule has 4 unspecified atom stereocenters. The number of fused-ring (bicyclic) bond motifs is 3. The fourth-order valence-corrected chi connectivity index (χ4v) is 4.71. The van der Waals surface area contributed by atoms with Gasteiger partial charge in [0.2, 0.25) is 5.88 Å². The van der Waals surface area contributed by atoms with Gasteiger partial charge in [-0.3, -0.25) is 4.98 Å². The van der Waals surface area contributed by atoms with Gasteiger partial charge in [0.1, 0.15) is 6.07 Å². The van der Waals surface area contributed by atoms with Crippen molar-refractivity contribution in [3.63, 3.8) is 0 Å². The van der Waals surface area contributed by atoms with Crippen LogP contribution in [0.5, 0.6) is 5.88 Å². The predicted octanol–water partition coefficient (Wildman–Crippen LogP) is 1.45. The van der Waals surface area contributed by atoms with E-state index in [0.29, 0.717) is 53.6 Å². The Hall–Kier alpha value is -2.31. The largest absolute Gasteiger partial charge is 0.478 e. The Morgan fingerprint density at radius 1 is 1.43 bits per heavy atom. The molecule has 4 atom stereocenters. The van der Waals surface area contributed by atoms with Gasteiger partial charge in [0, 0.05) is 43.3 Å². The van der Waals surface area contributed by atoms with E-state index >= 15 is 0 Å². The Kier molecular flexibility index (Phi) is 6.16. The molecule has 2 aliphatic rings. The minimum absolute atomic E-state index is 0.0161. The van der Waals surface area contributed by atoms with Crippen molar-refractivity contribution in [1.29, 1.82) is 5.26 Å². The third kappa shape index (κ3) is 3.98. The molecule has 3 heterocycles. The lowest BCUT2D eigenvalue weighted by molar-refractivity contribution is -0.184. The topological polar surface area (TPSA) is 135 Å². The maximum Gasteiger partial charge on any atom is 0.213 e. The summed E-state index contributed by atoms with van der Waals surface area (Å²) in [4.78, 5) is 8.88. The third-order valence-electron chi connectivity index (χ3n) is 6.42. The van der Waals surface area contributed by atoms with Crippen LogP contribution in [0.2, 0.25) is 0 Å². The van der Waals surface area contributed by atoms with Crippen molar-refractivity contribution in [3.05, 3.63) is 29.5 Å². The van der Waals surface area contributed by atoms with Crippen LogP contribution >= 0.6 is 0 Å². The molecule has 2 fully saturated rings. The number of nitrogens with two attached hydrogens (primary N) is 1. The fraction of sp³-hybridized carbons (Fsp3) is 0.591. The maximum absolute atomic E-state index is 11.3. The van der Waals surface area contributed by atoms with E-state index in [0.717, 1.165) is 25.7 Å². The molecule has 0 spiro atoms. The number of rotatable bonds is 7. The van der Waals surface area contributed by atoms with Gasteiger partial charge in [-0.15, -0.1) is 0 Å². The summed E-state index contributed by atoms with van der Waals surface area (Å²) in [7, 11) is 0. The van der Waals surface area contributed by atoms with Crippen LogP contribution < -0.4 is 10.5 Å². The quantitative estimate of drug-likeness (QED) is 0.582. The zero-order valence-electron chi connectivity index (χ0n) is 17.0. The Bertz CT molecular complexity index is 947. The van der Waals surface area contributed by atoms with Crippen molar-refractivity contribution in [2.24, 2.45) is 11.7 Å². The molecule has 1 saturated heterocycles. The van der Waals surface area contributed by atoms with Crippen molar-refractivity contribution in [3.8, 4) is 11.9 Å². The molecule has 1 aliphatic carbocycles. The first-order valence-corrected chi connectivity index (χ1v) is 10.6. The van der Waals surface area contributed by atoms with Gasteiger partial charge in [-0.25, -0.2) is 4.98 Å². The zero-order chi connectivity index (χ0) is 21.1. The van der Waals surface area contributed by atoms with Gasteiger partial charge in [-0.05, 0) is 31.2 Å². The summed E-state index contributed by atoms with van der Waals surface area (Å²) >= 11 is 0. The van der Waals surface area contributed by atoms with Crippen LogP contribution in [0.15, 0.2) is 18.3 Å². The lowest BCUT2D eigenvalue weighted by Gasteiger charge is -2.50. The Balaban J connectivity index is 1.65. The third-order valence-corrected chi connectivity index (χ3v) is 6.42. The first kappa shape index (κ1) is 20.9. The van der Waals surface area contributed by atoms with E-state index in [4.69, 9.17) is 20.3 Å². The highest BCUT2D eigenvalue weighted by Gasteiger charge is 2.48. The van der Waals surface area contributed by atoms with Crippen LogP contribution in [-0.2, 0) is 11.2 Å². The van der Waals surface area contributed by atoms with E-state index in [9.17, 15) is 10.4 Å².